The minimum atomic E-state index is -3.13. The molecule has 0 atom stereocenters. The van der Waals surface area contributed by atoms with Gasteiger partial charge in [0, 0.05) is 5.56 Å². The fraction of sp³-hybridized carbons (Fsp3) is 0.250. The van der Waals surface area contributed by atoms with E-state index in [1.54, 1.807) is 0 Å². The van der Waals surface area contributed by atoms with E-state index in [2.05, 4.69) is 4.98 Å². The molecule has 0 N–H and O–H groups in total. The molecule has 5 nitrogen and oxygen atoms in total. The normalized spacial score (nSPS) is 10.2. The van der Waals surface area contributed by atoms with Crippen LogP contribution in [0.5, 0.6) is 0 Å². The van der Waals surface area contributed by atoms with Gasteiger partial charge in [-0.3, -0.25) is 10.1 Å². The van der Waals surface area contributed by atoms with Crippen molar-refractivity contribution < 1.29 is 13.7 Å². The lowest BCUT2D eigenvalue weighted by molar-refractivity contribution is -0.387. The van der Waals surface area contributed by atoms with E-state index in [1.165, 1.54) is 6.07 Å². The summed E-state index contributed by atoms with van der Waals surface area (Å²) in [6.45, 7) is 0. The van der Waals surface area contributed by atoms with E-state index >= 15 is 0 Å². The maximum Gasteiger partial charge on any atom is 0.301 e. The lowest BCUT2D eigenvalue weighted by Crippen LogP contribution is -2.04. The lowest BCUT2D eigenvalue weighted by Gasteiger charge is -2.05. The predicted molar refractivity (Wildman–Crippen MR) is 50.1 cm³/mol. The van der Waals surface area contributed by atoms with Crippen LogP contribution in [0.25, 0.3) is 0 Å². The van der Waals surface area contributed by atoms with Crippen LogP contribution in [0.2, 0.25) is 0 Å². The van der Waals surface area contributed by atoms with Gasteiger partial charge in [-0.2, -0.15) is 5.26 Å². The third-order valence-corrected chi connectivity index (χ3v) is 2.03. The molecule has 0 saturated carbocycles. The van der Waals surface area contributed by atoms with Gasteiger partial charge in [-0.25, -0.2) is 13.8 Å². The number of nitriles is 1. The van der Waals surface area contributed by atoms with E-state index in [-0.39, 0.29) is 17.1 Å². The second kappa shape index (κ2) is 4.81. The van der Waals surface area contributed by atoms with Gasteiger partial charge in [-0.1, -0.05) is 0 Å². The molecule has 0 unspecified atom stereocenters. The Hall–Kier alpha value is -1.81. The SMILES string of the molecule is N#Cc1cc(CCl)c([N+](=O)[O-])c(C(F)F)n1. The topological polar surface area (TPSA) is 79.8 Å². The second-order valence-electron chi connectivity index (χ2n) is 2.70. The van der Waals surface area contributed by atoms with E-state index in [1.807, 2.05) is 0 Å². The number of halogens is 3. The number of nitrogens with zero attached hydrogens (tertiary/aromatic N) is 3. The van der Waals surface area contributed by atoms with E-state index in [0.29, 0.717) is 0 Å². The van der Waals surface area contributed by atoms with Crippen LogP contribution >= 0.6 is 11.6 Å². The van der Waals surface area contributed by atoms with Crippen molar-refractivity contribution >= 4 is 17.3 Å². The van der Waals surface area contributed by atoms with Crippen molar-refractivity contribution in [1.82, 2.24) is 4.98 Å². The van der Waals surface area contributed by atoms with Crippen molar-refractivity contribution in [3.05, 3.63) is 33.1 Å². The van der Waals surface area contributed by atoms with Crippen LogP contribution in [0, 0.1) is 21.4 Å². The van der Waals surface area contributed by atoms with Crippen molar-refractivity contribution in [2.24, 2.45) is 0 Å². The van der Waals surface area contributed by atoms with Crippen molar-refractivity contribution in [3.8, 4) is 6.07 Å². The zero-order chi connectivity index (χ0) is 12.3. The number of alkyl halides is 3. The average Bonchev–Trinajstić information content (AvgIpc) is 2.26. The zero-order valence-electron chi connectivity index (χ0n) is 7.65. The summed E-state index contributed by atoms with van der Waals surface area (Å²) in [4.78, 5) is 12.8. The van der Waals surface area contributed by atoms with Gasteiger partial charge in [0.05, 0.1) is 10.8 Å². The summed E-state index contributed by atoms with van der Waals surface area (Å²) in [7, 11) is 0. The first-order chi connectivity index (χ1) is 7.51. The van der Waals surface area contributed by atoms with Gasteiger partial charge in [0.2, 0.25) is 0 Å². The Kier molecular flexibility index (Phi) is 3.68. The largest absolute Gasteiger partial charge is 0.301 e. The van der Waals surface area contributed by atoms with Crippen molar-refractivity contribution in [2.75, 3.05) is 0 Å². The average molecular weight is 248 g/mol. The van der Waals surface area contributed by atoms with E-state index < -0.39 is 22.7 Å². The number of nitro groups is 1. The van der Waals surface area contributed by atoms with Crippen LogP contribution in [0.3, 0.4) is 0 Å². The third-order valence-electron chi connectivity index (χ3n) is 1.75. The highest BCUT2D eigenvalue weighted by Crippen LogP contribution is 2.31. The molecule has 0 amide bonds. The number of hydrogen-bond donors (Lipinski definition) is 0. The van der Waals surface area contributed by atoms with Crippen molar-refractivity contribution in [3.63, 3.8) is 0 Å². The lowest BCUT2D eigenvalue weighted by atomic mass is 10.1. The number of rotatable bonds is 3. The van der Waals surface area contributed by atoms with Gasteiger partial charge in [-0.15, -0.1) is 11.6 Å². The monoisotopic (exact) mass is 247 g/mol. The maximum atomic E-state index is 12.5. The Labute approximate surface area is 93.4 Å². The molecule has 0 fully saturated rings. The molecule has 8 heteroatoms. The minimum absolute atomic E-state index is 0.145. The van der Waals surface area contributed by atoms with Crippen molar-refractivity contribution in [2.45, 2.75) is 12.3 Å². The standard InChI is InChI=1S/C8H4ClF2N3O2/c9-2-4-1-5(3-12)13-6(8(10)11)7(4)14(15)16/h1,8H,2H2. The van der Waals surface area contributed by atoms with E-state index in [4.69, 9.17) is 16.9 Å². The third kappa shape index (κ3) is 2.23. The first-order valence-electron chi connectivity index (χ1n) is 3.93. The predicted octanol–water partition coefficient (Wildman–Crippen LogP) is 2.54. The smallest absolute Gasteiger partial charge is 0.258 e. The molecule has 84 valence electrons. The van der Waals surface area contributed by atoms with E-state index in [9.17, 15) is 18.9 Å². The second-order valence-corrected chi connectivity index (χ2v) is 2.97. The van der Waals surface area contributed by atoms with Crippen LogP contribution in [0.1, 0.15) is 23.4 Å². The van der Waals surface area contributed by atoms with Crippen molar-refractivity contribution in [1.29, 1.82) is 5.26 Å². The van der Waals surface area contributed by atoms with Gasteiger partial charge in [-0.05, 0) is 6.07 Å². The summed E-state index contributed by atoms with van der Waals surface area (Å²) in [5.41, 5.74) is -2.33. The highest BCUT2D eigenvalue weighted by atomic mass is 35.5. The molecule has 1 rings (SSSR count). The van der Waals surface area contributed by atoms with Gasteiger partial charge >= 0.3 is 5.69 Å². The quantitative estimate of drug-likeness (QED) is 0.467. The molecule has 0 aliphatic carbocycles. The fourth-order valence-electron chi connectivity index (χ4n) is 1.13. The summed E-state index contributed by atoms with van der Waals surface area (Å²) in [6, 6.07) is 2.56. The minimum Gasteiger partial charge on any atom is -0.258 e. The Morgan fingerprint density at radius 3 is 2.69 bits per heavy atom. The van der Waals surface area contributed by atoms with Gasteiger partial charge < -0.3 is 0 Å². The molecule has 1 heterocycles. The van der Waals surface area contributed by atoms with Crippen LogP contribution in [-0.2, 0) is 5.88 Å². The summed E-state index contributed by atoms with van der Waals surface area (Å²) >= 11 is 5.40. The van der Waals surface area contributed by atoms with E-state index in [0.717, 1.165) is 6.07 Å². The molecule has 1 aromatic heterocycles. The molecule has 1 aromatic rings. The Bertz CT molecular complexity index is 473. The highest BCUT2D eigenvalue weighted by molar-refractivity contribution is 6.17. The van der Waals surface area contributed by atoms with Gasteiger partial charge in [0.1, 0.15) is 11.8 Å². The molecule has 0 aromatic carbocycles. The molecule has 0 saturated heterocycles. The molecule has 0 radical (unpaired) electrons. The highest BCUT2D eigenvalue weighted by Gasteiger charge is 2.28. The molecule has 0 bridgehead atoms. The Morgan fingerprint density at radius 1 is 1.69 bits per heavy atom. The fourth-order valence-corrected chi connectivity index (χ4v) is 1.34. The Balaban J connectivity index is 3.55. The zero-order valence-corrected chi connectivity index (χ0v) is 8.41. The summed E-state index contributed by atoms with van der Waals surface area (Å²) < 4.78 is 25.0. The van der Waals surface area contributed by atoms with Crippen LogP contribution in [0.4, 0.5) is 14.5 Å². The van der Waals surface area contributed by atoms with Crippen LogP contribution < -0.4 is 0 Å². The molecule has 0 aliphatic heterocycles. The molecular formula is C8H4ClF2N3O2. The Morgan fingerprint density at radius 2 is 2.31 bits per heavy atom. The molecule has 0 spiro atoms. The van der Waals surface area contributed by atoms with Gasteiger partial charge in [0.25, 0.3) is 6.43 Å². The number of aromatic nitrogens is 1. The molecule has 16 heavy (non-hydrogen) atoms. The number of hydrogen-bond acceptors (Lipinski definition) is 4. The van der Waals surface area contributed by atoms with Crippen LogP contribution in [-0.4, -0.2) is 9.91 Å². The molecular weight excluding hydrogens is 244 g/mol. The summed E-state index contributed by atoms with van der Waals surface area (Å²) in [5, 5.41) is 19.1. The maximum absolute atomic E-state index is 12.5. The van der Waals surface area contributed by atoms with Gasteiger partial charge in [0.15, 0.2) is 5.69 Å². The molecule has 0 aliphatic rings. The van der Waals surface area contributed by atoms with Crippen LogP contribution in [0.15, 0.2) is 6.07 Å². The first kappa shape index (κ1) is 12.3. The number of pyridine rings is 1. The summed E-state index contributed by atoms with van der Waals surface area (Å²) in [5.74, 6) is -0.340. The summed E-state index contributed by atoms with van der Waals surface area (Å²) in [6.07, 6.45) is -3.13. The first-order valence-corrected chi connectivity index (χ1v) is 4.47.